The number of fused-ring (bicyclic) bond motifs is 1. The summed E-state index contributed by atoms with van der Waals surface area (Å²) in [7, 11) is 0. The molecule has 0 aliphatic carbocycles. The highest BCUT2D eigenvalue weighted by molar-refractivity contribution is 5.49. The molecule has 0 saturated heterocycles. The Kier molecular flexibility index (Phi) is 1.99. The molecule has 15 heavy (non-hydrogen) atoms. The highest BCUT2D eigenvalue weighted by Crippen LogP contribution is 2.30. The number of alkyl halides is 3. The van der Waals surface area contributed by atoms with Crippen LogP contribution in [-0.4, -0.2) is 9.38 Å². The van der Waals surface area contributed by atoms with Gasteiger partial charge in [0, 0.05) is 12.4 Å². The second-order valence-corrected chi connectivity index (χ2v) is 3.52. The lowest BCUT2D eigenvalue weighted by atomic mass is 10.2. The van der Waals surface area contributed by atoms with Crippen LogP contribution in [0.25, 0.3) is 5.65 Å². The fourth-order valence-corrected chi connectivity index (χ4v) is 1.55. The Labute approximate surface area is 84.4 Å². The molecule has 5 heteroatoms. The van der Waals surface area contributed by atoms with Crippen molar-refractivity contribution in [3.05, 3.63) is 35.3 Å². The Bertz CT molecular complexity index is 511. The van der Waals surface area contributed by atoms with Gasteiger partial charge in [0.05, 0.1) is 11.3 Å². The van der Waals surface area contributed by atoms with E-state index < -0.39 is 11.7 Å². The minimum atomic E-state index is -4.31. The predicted molar refractivity (Wildman–Crippen MR) is 49.7 cm³/mol. The van der Waals surface area contributed by atoms with E-state index in [0.717, 1.165) is 12.3 Å². The van der Waals surface area contributed by atoms with E-state index in [4.69, 9.17) is 0 Å². The summed E-state index contributed by atoms with van der Waals surface area (Å²) in [5.74, 6) is 0. The van der Waals surface area contributed by atoms with Crippen LogP contribution in [0.1, 0.15) is 16.8 Å². The van der Waals surface area contributed by atoms with E-state index in [-0.39, 0.29) is 0 Å². The first-order valence-corrected chi connectivity index (χ1v) is 4.41. The van der Waals surface area contributed by atoms with E-state index in [1.54, 1.807) is 20.0 Å². The SMILES string of the molecule is Cc1cn2cc(C(F)(F)F)cc(C)c2n1. The quantitative estimate of drug-likeness (QED) is 0.659. The number of nitrogens with zero attached hydrogens (tertiary/aromatic N) is 2. The van der Waals surface area contributed by atoms with E-state index in [0.29, 0.717) is 16.9 Å². The zero-order valence-electron chi connectivity index (χ0n) is 8.26. The van der Waals surface area contributed by atoms with Gasteiger partial charge in [-0.05, 0) is 25.5 Å². The van der Waals surface area contributed by atoms with E-state index in [1.807, 2.05) is 0 Å². The van der Waals surface area contributed by atoms with Crippen LogP contribution in [0.2, 0.25) is 0 Å². The molecule has 0 amide bonds. The Balaban J connectivity index is 2.72. The van der Waals surface area contributed by atoms with Crippen LogP contribution in [0, 0.1) is 13.8 Å². The summed E-state index contributed by atoms with van der Waals surface area (Å²) in [6.07, 6.45) is -1.67. The predicted octanol–water partition coefficient (Wildman–Crippen LogP) is 2.97. The number of halogens is 3. The molecule has 0 unspecified atom stereocenters. The van der Waals surface area contributed by atoms with Crippen molar-refractivity contribution in [3.63, 3.8) is 0 Å². The second kappa shape index (κ2) is 2.98. The molecule has 0 aromatic carbocycles. The van der Waals surface area contributed by atoms with Crippen molar-refractivity contribution in [3.8, 4) is 0 Å². The minimum Gasteiger partial charge on any atom is -0.306 e. The molecule has 2 aromatic rings. The standard InChI is InChI=1S/C10H9F3N2/c1-6-3-8(10(11,12)13)5-15-4-7(2)14-9(6)15/h3-5H,1-2H3. The fourth-order valence-electron chi connectivity index (χ4n) is 1.55. The molecule has 2 nitrogen and oxygen atoms in total. The third-order valence-corrected chi connectivity index (χ3v) is 2.18. The van der Waals surface area contributed by atoms with Crippen LogP contribution in [0.5, 0.6) is 0 Å². The van der Waals surface area contributed by atoms with Gasteiger partial charge in [-0.3, -0.25) is 0 Å². The van der Waals surface area contributed by atoms with Gasteiger partial charge in [-0.1, -0.05) is 0 Å². The number of imidazole rings is 1. The van der Waals surface area contributed by atoms with Gasteiger partial charge in [-0.15, -0.1) is 0 Å². The van der Waals surface area contributed by atoms with Crippen molar-refractivity contribution < 1.29 is 13.2 Å². The molecule has 0 spiro atoms. The molecular weight excluding hydrogens is 205 g/mol. The summed E-state index contributed by atoms with van der Waals surface area (Å²) in [6, 6.07) is 1.11. The summed E-state index contributed by atoms with van der Waals surface area (Å²) in [5, 5.41) is 0. The van der Waals surface area contributed by atoms with Gasteiger partial charge in [-0.25, -0.2) is 4.98 Å². The zero-order valence-corrected chi connectivity index (χ0v) is 8.26. The molecule has 80 valence electrons. The average molecular weight is 214 g/mol. The first kappa shape index (κ1) is 10.0. The molecule has 0 radical (unpaired) electrons. The largest absolute Gasteiger partial charge is 0.417 e. The topological polar surface area (TPSA) is 17.3 Å². The maximum absolute atomic E-state index is 12.5. The molecule has 0 atom stereocenters. The summed E-state index contributed by atoms with van der Waals surface area (Å²) in [6.45, 7) is 3.37. The first-order valence-electron chi connectivity index (χ1n) is 4.41. The third-order valence-electron chi connectivity index (χ3n) is 2.18. The molecule has 0 saturated carbocycles. The zero-order chi connectivity index (χ0) is 11.2. The highest BCUT2D eigenvalue weighted by Gasteiger charge is 2.31. The monoisotopic (exact) mass is 214 g/mol. The normalized spacial score (nSPS) is 12.3. The van der Waals surface area contributed by atoms with E-state index >= 15 is 0 Å². The number of aromatic nitrogens is 2. The van der Waals surface area contributed by atoms with Gasteiger partial charge in [0.2, 0.25) is 0 Å². The van der Waals surface area contributed by atoms with Crippen LogP contribution in [0.3, 0.4) is 0 Å². The van der Waals surface area contributed by atoms with Crippen LogP contribution < -0.4 is 0 Å². The molecule has 0 N–H and O–H groups in total. The molecule has 0 aliphatic heterocycles. The van der Waals surface area contributed by atoms with Gasteiger partial charge in [0.1, 0.15) is 5.65 Å². The van der Waals surface area contributed by atoms with Crippen molar-refractivity contribution in [1.29, 1.82) is 0 Å². The second-order valence-electron chi connectivity index (χ2n) is 3.52. The Hall–Kier alpha value is -1.52. The number of pyridine rings is 1. The van der Waals surface area contributed by atoms with Crippen molar-refractivity contribution in [2.75, 3.05) is 0 Å². The van der Waals surface area contributed by atoms with Crippen molar-refractivity contribution in [1.82, 2.24) is 9.38 Å². The molecule has 0 fully saturated rings. The van der Waals surface area contributed by atoms with Gasteiger partial charge in [-0.2, -0.15) is 13.2 Å². The number of rotatable bonds is 0. The Morgan fingerprint density at radius 3 is 2.47 bits per heavy atom. The summed E-state index contributed by atoms with van der Waals surface area (Å²) >= 11 is 0. The van der Waals surface area contributed by atoms with Crippen LogP contribution in [0.15, 0.2) is 18.5 Å². The summed E-state index contributed by atoms with van der Waals surface area (Å²) in [5.41, 5.74) is 1.15. The van der Waals surface area contributed by atoms with Gasteiger partial charge in [0.15, 0.2) is 0 Å². The molecule has 0 bridgehead atoms. The van der Waals surface area contributed by atoms with E-state index in [1.165, 1.54) is 4.40 Å². The lowest BCUT2D eigenvalue weighted by molar-refractivity contribution is -0.137. The molecule has 2 heterocycles. The number of hydrogen-bond acceptors (Lipinski definition) is 1. The van der Waals surface area contributed by atoms with E-state index in [9.17, 15) is 13.2 Å². The van der Waals surface area contributed by atoms with Crippen LogP contribution in [0.4, 0.5) is 13.2 Å². The molecule has 2 aromatic heterocycles. The van der Waals surface area contributed by atoms with Gasteiger partial charge >= 0.3 is 6.18 Å². The van der Waals surface area contributed by atoms with Crippen molar-refractivity contribution in [2.45, 2.75) is 20.0 Å². The Morgan fingerprint density at radius 2 is 1.87 bits per heavy atom. The number of aryl methyl sites for hydroxylation is 2. The van der Waals surface area contributed by atoms with Crippen molar-refractivity contribution >= 4 is 5.65 Å². The number of hydrogen-bond donors (Lipinski definition) is 0. The molecular formula is C10H9F3N2. The van der Waals surface area contributed by atoms with E-state index in [2.05, 4.69) is 4.98 Å². The lowest BCUT2D eigenvalue weighted by Gasteiger charge is -2.08. The van der Waals surface area contributed by atoms with Crippen LogP contribution in [-0.2, 0) is 6.18 Å². The van der Waals surface area contributed by atoms with Gasteiger partial charge < -0.3 is 4.40 Å². The highest BCUT2D eigenvalue weighted by atomic mass is 19.4. The Morgan fingerprint density at radius 1 is 1.20 bits per heavy atom. The molecule has 0 aliphatic rings. The summed E-state index contributed by atoms with van der Waals surface area (Å²) in [4.78, 5) is 4.13. The fraction of sp³-hybridized carbons (Fsp3) is 0.300. The van der Waals surface area contributed by atoms with Crippen molar-refractivity contribution in [2.24, 2.45) is 0 Å². The average Bonchev–Trinajstić information content (AvgIpc) is 2.44. The summed E-state index contributed by atoms with van der Waals surface area (Å²) < 4.78 is 38.8. The first-order chi connectivity index (χ1) is 6.88. The smallest absolute Gasteiger partial charge is 0.306 e. The third kappa shape index (κ3) is 1.69. The van der Waals surface area contributed by atoms with Crippen LogP contribution >= 0.6 is 0 Å². The maximum Gasteiger partial charge on any atom is 0.417 e. The molecule has 2 rings (SSSR count). The lowest BCUT2D eigenvalue weighted by Crippen LogP contribution is -2.07. The van der Waals surface area contributed by atoms with Gasteiger partial charge in [0.25, 0.3) is 0 Å². The maximum atomic E-state index is 12.5. The minimum absolute atomic E-state index is 0.526.